The summed E-state index contributed by atoms with van der Waals surface area (Å²) >= 11 is 0. The first-order valence-electron chi connectivity index (χ1n) is 8.57. The van der Waals surface area contributed by atoms with E-state index in [9.17, 15) is 18.7 Å². The number of aliphatic hydroxyl groups excluding tert-OH is 1. The Balaban J connectivity index is 1.77. The first-order valence-corrected chi connectivity index (χ1v) is 8.57. The van der Waals surface area contributed by atoms with Gasteiger partial charge in [-0.05, 0) is 5.56 Å². The number of benzene rings is 1. The Hall–Kier alpha value is -3.31. The highest BCUT2D eigenvalue weighted by molar-refractivity contribution is 5.93. The number of urea groups is 1. The minimum Gasteiger partial charge on any atom is -0.479 e. The van der Waals surface area contributed by atoms with Gasteiger partial charge in [0, 0.05) is 6.07 Å². The average Bonchev–Trinajstić information content (AvgIpc) is 3.14. The van der Waals surface area contributed by atoms with Crippen molar-refractivity contribution in [2.45, 2.75) is 19.3 Å². The molecule has 0 aliphatic heterocycles. The van der Waals surface area contributed by atoms with Gasteiger partial charge in [0.1, 0.15) is 5.82 Å². The zero-order valence-corrected chi connectivity index (χ0v) is 15.4. The molecule has 3 aromatic rings. The first kappa shape index (κ1) is 20.4. The maximum Gasteiger partial charge on any atom is 0.345 e. The summed E-state index contributed by atoms with van der Waals surface area (Å²) in [4.78, 5) is 16.6. The monoisotopic (exact) mass is 407 g/mol. The summed E-state index contributed by atoms with van der Waals surface area (Å²) in [6.07, 6.45) is 0. The van der Waals surface area contributed by atoms with Crippen molar-refractivity contribution in [1.82, 2.24) is 20.5 Å². The van der Waals surface area contributed by atoms with Crippen molar-refractivity contribution in [3.8, 4) is 5.88 Å². The van der Waals surface area contributed by atoms with Crippen LogP contribution in [0.1, 0.15) is 17.3 Å². The third-order valence-corrected chi connectivity index (χ3v) is 4.07. The smallest absolute Gasteiger partial charge is 0.345 e. The number of methoxy groups -OCH3 is 1. The number of amides is 2. The number of nitrogens with one attached hydrogen (secondary N) is 3. The Kier molecular flexibility index (Phi) is 6.52. The van der Waals surface area contributed by atoms with Crippen LogP contribution in [0.15, 0.2) is 36.4 Å². The zero-order chi connectivity index (χ0) is 20.8. The Morgan fingerprint density at radius 1 is 1.31 bits per heavy atom. The predicted molar refractivity (Wildman–Crippen MR) is 99.7 cm³/mol. The van der Waals surface area contributed by atoms with E-state index in [4.69, 9.17) is 4.74 Å². The summed E-state index contributed by atoms with van der Waals surface area (Å²) in [6.45, 7) is -3.78. The van der Waals surface area contributed by atoms with Gasteiger partial charge >= 0.3 is 12.6 Å². The number of carbonyl (C=O) groups excluding carboxylic acids is 1. The molecule has 0 aliphatic rings. The number of aromatic nitrogens is 3. The summed E-state index contributed by atoms with van der Waals surface area (Å²) in [7, 11) is 1.43. The lowest BCUT2D eigenvalue weighted by Crippen LogP contribution is -2.35. The summed E-state index contributed by atoms with van der Waals surface area (Å²) in [5.41, 5.74) is 1.35. The zero-order valence-electron chi connectivity index (χ0n) is 15.4. The van der Waals surface area contributed by atoms with Gasteiger partial charge in [0.15, 0.2) is 0 Å². The Labute approximate surface area is 164 Å². The molecule has 9 nitrogen and oxygen atoms in total. The number of nitrogens with zero attached hydrogens (tertiary/aromatic N) is 2. The lowest BCUT2D eigenvalue weighted by Gasteiger charge is -2.19. The highest BCUT2D eigenvalue weighted by atomic mass is 19.3. The molecular formula is C18H19F2N5O4. The second kappa shape index (κ2) is 9.26. The largest absolute Gasteiger partial charge is 0.479 e. The minimum absolute atomic E-state index is 0.131. The molecule has 0 spiro atoms. The van der Waals surface area contributed by atoms with Crippen molar-refractivity contribution < 1.29 is 28.2 Å². The number of hydrogen-bond donors (Lipinski definition) is 4. The van der Waals surface area contributed by atoms with Gasteiger partial charge in [0.2, 0.25) is 5.88 Å². The molecule has 2 heterocycles. The maximum atomic E-state index is 12.5. The van der Waals surface area contributed by atoms with E-state index in [2.05, 4.69) is 30.6 Å². The molecule has 1 aromatic carbocycles. The van der Waals surface area contributed by atoms with E-state index in [1.807, 2.05) is 0 Å². The van der Waals surface area contributed by atoms with Crippen molar-refractivity contribution in [1.29, 1.82) is 0 Å². The molecule has 0 bridgehead atoms. The Morgan fingerprint density at radius 2 is 2.07 bits per heavy atom. The number of rotatable bonds is 8. The molecule has 0 saturated carbocycles. The summed E-state index contributed by atoms with van der Waals surface area (Å²) in [5, 5.41) is 21.8. The molecule has 4 N–H and O–H groups in total. The molecule has 0 radical (unpaired) electrons. The van der Waals surface area contributed by atoms with Gasteiger partial charge in [0.05, 0.1) is 43.0 Å². The summed E-state index contributed by atoms with van der Waals surface area (Å²) in [5.74, 6) is 0.396. The van der Waals surface area contributed by atoms with Crippen molar-refractivity contribution in [3.63, 3.8) is 0 Å². The Morgan fingerprint density at radius 3 is 2.72 bits per heavy atom. The number of aliphatic hydroxyl groups is 1. The molecule has 2 amide bonds. The number of pyridine rings is 1. The van der Waals surface area contributed by atoms with Crippen LogP contribution in [0.3, 0.4) is 0 Å². The molecule has 29 heavy (non-hydrogen) atoms. The molecule has 0 unspecified atom stereocenters. The van der Waals surface area contributed by atoms with Gasteiger partial charge in [-0.2, -0.15) is 8.78 Å². The number of anilines is 1. The van der Waals surface area contributed by atoms with E-state index in [1.54, 1.807) is 30.3 Å². The van der Waals surface area contributed by atoms with Crippen LogP contribution in [0.2, 0.25) is 0 Å². The van der Waals surface area contributed by atoms with Gasteiger partial charge in [0.25, 0.3) is 0 Å². The number of fused-ring (bicyclic) bond motifs is 1. The fourth-order valence-electron chi connectivity index (χ4n) is 2.80. The summed E-state index contributed by atoms with van der Waals surface area (Å²) in [6, 6.07) is 8.60. The van der Waals surface area contributed by atoms with Gasteiger partial charge in [-0.3, -0.25) is 10.4 Å². The van der Waals surface area contributed by atoms with Crippen molar-refractivity contribution in [2.75, 3.05) is 19.0 Å². The second-order valence-corrected chi connectivity index (χ2v) is 5.92. The number of aromatic amines is 1. The summed E-state index contributed by atoms with van der Waals surface area (Å²) < 4.78 is 34.4. The third kappa shape index (κ3) is 4.95. The standard InChI is InChI=1S/C18H19F2N5O4/c1-28-16-15-11(24-25-16)7-14(21-12(15)8-26)23-18(27)22-13(9-29-17(19)20)10-5-3-2-4-6-10/h2-7,13,17,26H,8-9H2,1H3,(H,24,25)(H2,21,22,23,27)/t13-/m1/s1. The van der Waals surface area contributed by atoms with Gasteiger partial charge in [-0.15, -0.1) is 5.10 Å². The molecule has 0 saturated heterocycles. The molecule has 11 heteroatoms. The number of halogens is 2. The lowest BCUT2D eigenvalue weighted by atomic mass is 10.1. The number of carbonyl (C=O) groups is 1. The van der Waals surface area contributed by atoms with E-state index in [-0.39, 0.29) is 17.4 Å². The lowest BCUT2D eigenvalue weighted by molar-refractivity contribution is -0.133. The van der Waals surface area contributed by atoms with Crippen LogP contribution >= 0.6 is 0 Å². The van der Waals surface area contributed by atoms with E-state index in [1.165, 1.54) is 13.2 Å². The SMILES string of the molecule is COc1n[nH]c2cc(NC(=O)N[C@H](COC(F)F)c3ccccc3)nc(CO)c12. The van der Waals surface area contributed by atoms with Gasteiger partial charge < -0.3 is 19.9 Å². The number of ether oxygens (including phenoxy) is 2. The number of H-pyrrole nitrogens is 1. The molecule has 0 fully saturated rings. The van der Waals surface area contributed by atoms with E-state index in [0.717, 1.165) is 0 Å². The van der Waals surface area contributed by atoms with Crippen molar-refractivity contribution in [3.05, 3.63) is 47.7 Å². The third-order valence-electron chi connectivity index (χ3n) is 4.07. The van der Waals surface area contributed by atoms with Gasteiger partial charge in [-0.1, -0.05) is 30.3 Å². The highest BCUT2D eigenvalue weighted by Gasteiger charge is 2.19. The molecule has 2 aromatic heterocycles. The first-order chi connectivity index (χ1) is 14.0. The average molecular weight is 407 g/mol. The van der Waals surface area contributed by atoms with Crippen molar-refractivity contribution >= 4 is 22.8 Å². The predicted octanol–water partition coefficient (Wildman–Crippen LogP) is 2.56. The maximum absolute atomic E-state index is 12.5. The van der Waals surface area contributed by atoms with Crippen LogP contribution in [0.25, 0.3) is 10.9 Å². The van der Waals surface area contributed by atoms with Crippen LogP contribution in [0, 0.1) is 0 Å². The van der Waals surface area contributed by atoms with Crippen LogP contribution in [0.5, 0.6) is 5.88 Å². The molecule has 1 atom stereocenters. The van der Waals surface area contributed by atoms with Crippen LogP contribution in [0.4, 0.5) is 19.4 Å². The van der Waals surface area contributed by atoms with Crippen LogP contribution in [-0.2, 0) is 11.3 Å². The second-order valence-electron chi connectivity index (χ2n) is 5.92. The fourth-order valence-corrected chi connectivity index (χ4v) is 2.80. The molecule has 154 valence electrons. The normalized spacial score (nSPS) is 12.2. The molecule has 3 rings (SSSR count). The van der Waals surface area contributed by atoms with Gasteiger partial charge in [-0.25, -0.2) is 9.78 Å². The number of hydrogen-bond acceptors (Lipinski definition) is 6. The topological polar surface area (TPSA) is 121 Å². The quantitative estimate of drug-likeness (QED) is 0.455. The van der Waals surface area contributed by atoms with E-state index in [0.29, 0.717) is 16.5 Å². The van der Waals surface area contributed by atoms with Crippen LogP contribution in [-0.4, -0.2) is 46.6 Å². The van der Waals surface area contributed by atoms with Crippen LogP contribution < -0.4 is 15.4 Å². The number of alkyl halides is 2. The highest BCUT2D eigenvalue weighted by Crippen LogP contribution is 2.27. The van der Waals surface area contributed by atoms with Crippen molar-refractivity contribution in [2.24, 2.45) is 0 Å². The Bertz CT molecular complexity index is 968. The van der Waals surface area contributed by atoms with E-state index < -0.39 is 31.9 Å². The van der Waals surface area contributed by atoms with E-state index >= 15 is 0 Å². The molecular weight excluding hydrogens is 388 g/mol. The minimum atomic E-state index is -2.96. The fraction of sp³-hybridized carbons (Fsp3) is 0.278. The molecule has 0 aliphatic carbocycles.